The summed E-state index contributed by atoms with van der Waals surface area (Å²) in [6.45, 7) is 0.789. The van der Waals surface area contributed by atoms with Gasteiger partial charge in [-0.15, -0.1) is 0 Å². The molecule has 16 heavy (non-hydrogen) atoms. The molecular formula is C13H17BrO2. The lowest BCUT2D eigenvalue weighted by Gasteiger charge is -2.27. The molecule has 3 heteroatoms. The molecule has 0 saturated carbocycles. The van der Waals surface area contributed by atoms with Gasteiger partial charge in [-0.05, 0) is 30.9 Å². The monoisotopic (exact) mass is 284 g/mol. The van der Waals surface area contributed by atoms with Crippen LogP contribution in [0.25, 0.3) is 0 Å². The van der Waals surface area contributed by atoms with Crippen LogP contribution >= 0.6 is 15.9 Å². The van der Waals surface area contributed by atoms with Gasteiger partial charge in [-0.3, -0.25) is 0 Å². The Bertz CT molecular complexity index is 334. The van der Waals surface area contributed by atoms with Crippen molar-refractivity contribution in [1.29, 1.82) is 0 Å². The van der Waals surface area contributed by atoms with Crippen LogP contribution < -0.4 is 0 Å². The maximum absolute atomic E-state index is 10.1. The second-order valence-electron chi connectivity index (χ2n) is 4.27. The van der Waals surface area contributed by atoms with Crippen molar-refractivity contribution < 1.29 is 9.84 Å². The van der Waals surface area contributed by atoms with Crippen molar-refractivity contribution in [2.45, 2.75) is 37.9 Å². The van der Waals surface area contributed by atoms with Crippen molar-refractivity contribution in [3.05, 3.63) is 34.3 Å². The fourth-order valence-corrected chi connectivity index (χ4v) is 2.54. The number of hydrogen-bond donors (Lipinski definition) is 1. The standard InChI is InChI=1S/C13H17BrO2/c14-11-6-2-1-5-10(11)9-12(15)13-7-3-4-8-16-13/h1-2,5-6,12-13,15H,3-4,7-9H2. The van der Waals surface area contributed by atoms with Crippen molar-refractivity contribution in [2.24, 2.45) is 0 Å². The highest BCUT2D eigenvalue weighted by Crippen LogP contribution is 2.22. The molecule has 1 aliphatic heterocycles. The van der Waals surface area contributed by atoms with Crippen LogP contribution in [0.2, 0.25) is 0 Å². The molecule has 0 radical (unpaired) electrons. The Labute approximate surface area is 105 Å². The van der Waals surface area contributed by atoms with Crippen molar-refractivity contribution >= 4 is 15.9 Å². The zero-order valence-corrected chi connectivity index (χ0v) is 10.8. The predicted octanol–water partition coefficient (Wildman–Crippen LogP) is 2.92. The maximum Gasteiger partial charge on any atom is 0.0842 e. The van der Waals surface area contributed by atoms with Crippen LogP contribution in [0, 0.1) is 0 Å². The normalized spacial score (nSPS) is 23.0. The number of benzene rings is 1. The molecular weight excluding hydrogens is 268 g/mol. The Morgan fingerprint density at radius 1 is 1.38 bits per heavy atom. The average molecular weight is 285 g/mol. The lowest BCUT2D eigenvalue weighted by atomic mass is 9.98. The molecule has 0 bridgehead atoms. The highest BCUT2D eigenvalue weighted by atomic mass is 79.9. The van der Waals surface area contributed by atoms with Gasteiger partial charge >= 0.3 is 0 Å². The van der Waals surface area contributed by atoms with Crippen molar-refractivity contribution in [2.75, 3.05) is 6.61 Å². The molecule has 2 unspecified atom stereocenters. The molecule has 2 nitrogen and oxygen atoms in total. The van der Waals surface area contributed by atoms with E-state index in [-0.39, 0.29) is 12.2 Å². The fourth-order valence-electron chi connectivity index (χ4n) is 2.09. The molecule has 0 spiro atoms. The van der Waals surface area contributed by atoms with E-state index in [2.05, 4.69) is 15.9 Å². The Kier molecular flexibility index (Phi) is 4.38. The molecule has 1 aliphatic rings. The molecule has 1 aromatic rings. The fraction of sp³-hybridized carbons (Fsp3) is 0.538. The van der Waals surface area contributed by atoms with Crippen molar-refractivity contribution in [3.8, 4) is 0 Å². The summed E-state index contributed by atoms with van der Waals surface area (Å²) in [5.74, 6) is 0. The van der Waals surface area contributed by atoms with E-state index in [1.807, 2.05) is 24.3 Å². The summed E-state index contributed by atoms with van der Waals surface area (Å²) in [6.07, 6.45) is 3.55. The number of aliphatic hydroxyl groups excluding tert-OH is 1. The smallest absolute Gasteiger partial charge is 0.0842 e. The molecule has 1 aromatic carbocycles. The molecule has 1 saturated heterocycles. The van der Waals surface area contributed by atoms with E-state index in [0.717, 1.165) is 35.9 Å². The van der Waals surface area contributed by atoms with Gasteiger partial charge < -0.3 is 9.84 Å². The van der Waals surface area contributed by atoms with Crippen LogP contribution in [-0.2, 0) is 11.2 Å². The summed E-state index contributed by atoms with van der Waals surface area (Å²) >= 11 is 3.50. The zero-order chi connectivity index (χ0) is 11.4. The molecule has 0 amide bonds. The molecule has 1 N–H and O–H groups in total. The molecule has 2 atom stereocenters. The summed E-state index contributed by atoms with van der Waals surface area (Å²) in [5.41, 5.74) is 1.14. The average Bonchev–Trinajstić information content (AvgIpc) is 2.33. The molecule has 1 fully saturated rings. The lowest BCUT2D eigenvalue weighted by molar-refractivity contribution is -0.0611. The van der Waals surface area contributed by atoms with Crippen molar-refractivity contribution in [3.63, 3.8) is 0 Å². The van der Waals surface area contributed by atoms with E-state index < -0.39 is 0 Å². The van der Waals surface area contributed by atoms with Gasteiger partial charge in [0.05, 0.1) is 12.2 Å². The second-order valence-corrected chi connectivity index (χ2v) is 5.12. The van der Waals surface area contributed by atoms with E-state index in [1.54, 1.807) is 0 Å². The maximum atomic E-state index is 10.1. The molecule has 2 rings (SSSR count). The molecule has 88 valence electrons. The van der Waals surface area contributed by atoms with Gasteiger partial charge in [0, 0.05) is 17.5 Å². The van der Waals surface area contributed by atoms with Gasteiger partial charge in [-0.2, -0.15) is 0 Å². The largest absolute Gasteiger partial charge is 0.390 e. The van der Waals surface area contributed by atoms with Crippen molar-refractivity contribution in [1.82, 2.24) is 0 Å². The van der Waals surface area contributed by atoms with E-state index in [9.17, 15) is 5.11 Å². The third-order valence-corrected chi connectivity index (χ3v) is 3.80. The van der Waals surface area contributed by atoms with Gasteiger partial charge in [-0.1, -0.05) is 34.1 Å². The Balaban J connectivity index is 1.96. The third kappa shape index (κ3) is 3.06. The number of rotatable bonds is 3. The van der Waals surface area contributed by atoms with E-state index in [4.69, 9.17) is 4.74 Å². The number of hydrogen-bond acceptors (Lipinski definition) is 2. The highest BCUT2D eigenvalue weighted by Gasteiger charge is 2.23. The molecule has 1 heterocycles. The summed E-state index contributed by atoms with van der Waals surface area (Å²) in [4.78, 5) is 0. The summed E-state index contributed by atoms with van der Waals surface area (Å²) in [5, 5.41) is 10.1. The first-order chi connectivity index (χ1) is 7.77. The number of ether oxygens (including phenoxy) is 1. The number of halogens is 1. The highest BCUT2D eigenvalue weighted by molar-refractivity contribution is 9.10. The summed E-state index contributed by atoms with van der Waals surface area (Å²) in [7, 11) is 0. The minimum absolute atomic E-state index is 0.0147. The van der Waals surface area contributed by atoms with Gasteiger partial charge in [0.25, 0.3) is 0 Å². The Morgan fingerprint density at radius 2 is 2.19 bits per heavy atom. The first-order valence-corrected chi connectivity index (χ1v) is 6.60. The van der Waals surface area contributed by atoms with E-state index in [1.165, 1.54) is 0 Å². The Hall–Kier alpha value is -0.380. The first kappa shape index (κ1) is 12.1. The number of aliphatic hydroxyl groups is 1. The SMILES string of the molecule is OC(Cc1ccccc1Br)C1CCCCO1. The van der Waals surface area contributed by atoms with Crippen LogP contribution in [0.1, 0.15) is 24.8 Å². The zero-order valence-electron chi connectivity index (χ0n) is 9.23. The minimum atomic E-state index is -0.390. The minimum Gasteiger partial charge on any atom is -0.390 e. The van der Waals surface area contributed by atoms with E-state index >= 15 is 0 Å². The van der Waals surface area contributed by atoms with Gasteiger partial charge in [-0.25, -0.2) is 0 Å². The quantitative estimate of drug-likeness (QED) is 0.925. The van der Waals surface area contributed by atoms with Crippen LogP contribution in [-0.4, -0.2) is 23.9 Å². The molecule has 0 aliphatic carbocycles. The van der Waals surface area contributed by atoms with Crippen LogP contribution in [0.15, 0.2) is 28.7 Å². The topological polar surface area (TPSA) is 29.5 Å². The molecule has 0 aromatic heterocycles. The van der Waals surface area contributed by atoms with Crippen LogP contribution in [0.3, 0.4) is 0 Å². The third-order valence-electron chi connectivity index (χ3n) is 3.03. The van der Waals surface area contributed by atoms with Gasteiger partial charge in [0.2, 0.25) is 0 Å². The summed E-state index contributed by atoms with van der Waals surface area (Å²) in [6, 6.07) is 8.02. The second kappa shape index (κ2) is 5.80. The van der Waals surface area contributed by atoms with Gasteiger partial charge in [0.15, 0.2) is 0 Å². The summed E-state index contributed by atoms with van der Waals surface area (Å²) < 4.78 is 6.65. The van der Waals surface area contributed by atoms with Crippen LogP contribution in [0.5, 0.6) is 0 Å². The van der Waals surface area contributed by atoms with Gasteiger partial charge in [0.1, 0.15) is 0 Å². The van der Waals surface area contributed by atoms with E-state index in [0.29, 0.717) is 6.42 Å². The predicted molar refractivity (Wildman–Crippen MR) is 67.4 cm³/mol. The Morgan fingerprint density at radius 3 is 2.88 bits per heavy atom. The lowest BCUT2D eigenvalue weighted by Crippen LogP contribution is -2.33. The van der Waals surface area contributed by atoms with Crippen LogP contribution in [0.4, 0.5) is 0 Å². The first-order valence-electron chi connectivity index (χ1n) is 5.80.